The van der Waals surface area contributed by atoms with Crippen molar-refractivity contribution in [3.8, 4) is 22.6 Å². The normalized spacial score (nSPS) is 11.2. The highest BCUT2D eigenvalue weighted by Crippen LogP contribution is 2.36. The Bertz CT molecular complexity index is 1130. The molecule has 4 rings (SSSR count). The van der Waals surface area contributed by atoms with Crippen LogP contribution in [0.2, 0.25) is 5.02 Å². The van der Waals surface area contributed by atoms with Gasteiger partial charge in [0.2, 0.25) is 0 Å². The molecule has 4 nitrogen and oxygen atoms in total. The van der Waals surface area contributed by atoms with Gasteiger partial charge in [-0.2, -0.15) is 5.10 Å². The summed E-state index contributed by atoms with van der Waals surface area (Å²) >= 11 is 6.06. The number of aromatic hydroxyl groups is 1. The van der Waals surface area contributed by atoms with E-state index in [1.165, 1.54) is 0 Å². The fourth-order valence-corrected chi connectivity index (χ4v) is 3.19. The SMILES string of the molecule is Cc1nn(-c2ccccc2)c(N=Cc2ccccc2O)c1-c1ccc(Cl)cc1. The molecule has 0 amide bonds. The predicted molar refractivity (Wildman–Crippen MR) is 114 cm³/mol. The highest BCUT2D eigenvalue weighted by Gasteiger charge is 2.17. The third-order valence-corrected chi connectivity index (χ3v) is 4.68. The zero-order valence-corrected chi connectivity index (χ0v) is 16.0. The first kappa shape index (κ1) is 18.0. The van der Waals surface area contributed by atoms with Crippen LogP contribution in [0.3, 0.4) is 0 Å². The van der Waals surface area contributed by atoms with Crippen LogP contribution in [0.1, 0.15) is 11.3 Å². The molecule has 0 aliphatic heterocycles. The number of hydrogen-bond acceptors (Lipinski definition) is 3. The van der Waals surface area contributed by atoms with E-state index in [0.717, 1.165) is 22.5 Å². The fraction of sp³-hybridized carbons (Fsp3) is 0.0435. The largest absolute Gasteiger partial charge is 0.507 e. The monoisotopic (exact) mass is 387 g/mol. The molecule has 3 aromatic carbocycles. The molecule has 0 saturated carbocycles. The van der Waals surface area contributed by atoms with E-state index >= 15 is 0 Å². The molecule has 0 atom stereocenters. The summed E-state index contributed by atoms with van der Waals surface area (Å²) in [5.74, 6) is 0.871. The van der Waals surface area contributed by atoms with Gasteiger partial charge < -0.3 is 5.11 Å². The fourth-order valence-electron chi connectivity index (χ4n) is 3.07. The van der Waals surface area contributed by atoms with Gasteiger partial charge in [-0.05, 0) is 48.9 Å². The molecule has 4 aromatic rings. The van der Waals surface area contributed by atoms with Crippen molar-refractivity contribution in [3.05, 3.63) is 95.1 Å². The minimum absolute atomic E-state index is 0.182. The molecule has 1 heterocycles. The summed E-state index contributed by atoms with van der Waals surface area (Å²) in [6, 6.07) is 24.6. The van der Waals surface area contributed by atoms with Crippen molar-refractivity contribution in [2.45, 2.75) is 6.92 Å². The van der Waals surface area contributed by atoms with Crippen molar-refractivity contribution in [1.82, 2.24) is 9.78 Å². The van der Waals surface area contributed by atoms with Gasteiger partial charge in [0.25, 0.3) is 0 Å². The standard InChI is InChI=1S/C23H18ClN3O/c1-16-22(17-11-13-19(24)14-12-17)23(25-15-18-7-5-6-10-21(18)28)27(26-16)20-8-3-2-4-9-20/h2-15,28H,1H3. The first-order valence-electron chi connectivity index (χ1n) is 8.86. The number of aliphatic imine (C=N–C) groups is 1. The molecule has 1 N–H and O–H groups in total. The number of rotatable bonds is 4. The minimum atomic E-state index is 0.182. The van der Waals surface area contributed by atoms with E-state index in [1.54, 1.807) is 18.3 Å². The summed E-state index contributed by atoms with van der Waals surface area (Å²) in [4.78, 5) is 4.72. The van der Waals surface area contributed by atoms with E-state index in [-0.39, 0.29) is 5.75 Å². The highest BCUT2D eigenvalue weighted by molar-refractivity contribution is 6.30. The first-order valence-corrected chi connectivity index (χ1v) is 9.24. The lowest BCUT2D eigenvalue weighted by Gasteiger charge is -2.06. The second-order valence-corrected chi connectivity index (χ2v) is 6.79. The smallest absolute Gasteiger partial charge is 0.163 e. The second-order valence-electron chi connectivity index (χ2n) is 6.36. The predicted octanol–water partition coefficient (Wildman–Crippen LogP) is 5.96. The van der Waals surface area contributed by atoms with Gasteiger partial charge in [0.15, 0.2) is 5.82 Å². The molecule has 28 heavy (non-hydrogen) atoms. The van der Waals surface area contributed by atoms with Gasteiger partial charge in [-0.25, -0.2) is 9.67 Å². The van der Waals surface area contributed by atoms with Crippen LogP contribution in [-0.4, -0.2) is 21.1 Å². The van der Waals surface area contributed by atoms with Gasteiger partial charge in [-0.1, -0.05) is 54.1 Å². The molecule has 0 radical (unpaired) electrons. The third kappa shape index (κ3) is 3.55. The highest BCUT2D eigenvalue weighted by atomic mass is 35.5. The van der Waals surface area contributed by atoms with Crippen LogP contribution in [0, 0.1) is 6.92 Å². The van der Waals surface area contributed by atoms with E-state index in [2.05, 4.69) is 0 Å². The Morgan fingerprint density at radius 1 is 0.929 bits per heavy atom. The van der Waals surface area contributed by atoms with Gasteiger partial charge in [0.1, 0.15) is 5.75 Å². The lowest BCUT2D eigenvalue weighted by atomic mass is 10.1. The number of phenols is 1. The molecule has 5 heteroatoms. The summed E-state index contributed by atoms with van der Waals surface area (Å²) in [6.07, 6.45) is 1.66. The van der Waals surface area contributed by atoms with Crippen molar-refractivity contribution < 1.29 is 5.11 Å². The van der Waals surface area contributed by atoms with E-state index in [0.29, 0.717) is 16.4 Å². The van der Waals surface area contributed by atoms with Crippen molar-refractivity contribution in [3.63, 3.8) is 0 Å². The van der Waals surface area contributed by atoms with Gasteiger partial charge >= 0.3 is 0 Å². The number of benzene rings is 3. The lowest BCUT2D eigenvalue weighted by Crippen LogP contribution is -1.96. The maximum atomic E-state index is 10.1. The van der Waals surface area contributed by atoms with Gasteiger partial charge in [-0.15, -0.1) is 0 Å². The molecule has 0 spiro atoms. The zero-order chi connectivity index (χ0) is 19.5. The van der Waals surface area contributed by atoms with Crippen LogP contribution < -0.4 is 0 Å². The van der Waals surface area contributed by atoms with Gasteiger partial charge in [-0.3, -0.25) is 0 Å². The molecule has 0 aliphatic carbocycles. The van der Waals surface area contributed by atoms with Crippen LogP contribution in [0.5, 0.6) is 5.75 Å². The van der Waals surface area contributed by atoms with Gasteiger partial charge in [0, 0.05) is 22.4 Å². The van der Waals surface area contributed by atoms with Crippen molar-refractivity contribution >= 4 is 23.6 Å². The quantitative estimate of drug-likeness (QED) is 0.439. The number of hydrogen-bond donors (Lipinski definition) is 1. The van der Waals surface area contributed by atoms with Crippen molar-refractivity contribution in [1.29, 1.82) is 0 Å². The molecular weight excluding hydrogens is 370 g/mol. The summed E-state index contributed by atoms with van der Waals surface area (Å²) in [5, 5.41) is 15.5. The maximum absolute atomic E-state index is 10.1. The Labute approximate surface area is 168 Å². The van der Waals surface area contributed by atoms with Crippen LogP contribution in [-0.2, 0) is 0 Å². The minimum Gasteiger partial charge on any atom is -0.507 e. The van der Waals surface area contributed by atoms with Crippen LogP contribution in [0.15, 0.2) is 83.9 Å². The Kier molecular flexibility index (Phi) is 4.96. The number of phenolic OH excluding ortho intramolecular Hbond substituents is 1. The molecule has 0 unspecified atom stereocenters. The average molecular weight is 388 g/mol. The number of para-hydroxylation sites is 2. The van der Waals surface area contributed by atoms with E-state index in [4.69, 9.17) is 21.7 Å². The Morgan fingerprint density at radius 3 is 2.32 bits per heavy atom. The Hall–Kier alpha value is -3.37. The Morgan fingerprint density at radius 2 is 1.61 bits per heavy atom. The summed E-state index contributed by atoms with van der Waals surface area (Å²) < 4.78 is 1.82. The van der Waals surface area contributed by atoms with Crippen LogP contribution in [0.25, 0.3) is 16.8 Å². The van der Waals surface area contributed by atoms with Crippen LogP contribution >= 0.6 is 11.6 Å². The zero-order valence-electron chi connectivity index (χ0n) is 15.2. The average Bonchev–Trinajstić information content (AvgIpc) is 3.05. The molecule has 0 bridgehead atoms. The number of nitrogens with zero attached hydrogens (tertiary/aromatic N) is 3. The lowest BCUT2D eigenvalue weighted by molar-refractivity contribution is 0.474. The molecule has 0 fully saturated rings. The summed E-state index contributed by atoms with van der Waals surface area (Å²) in [7, 11) is 0. The maximum Gasteiger partial charge on any atom is 0.163 e. The van der Waals surface area contributed by atoms with Crippen molar-refractivity contribution in [2.24, 2.45) is 4.99 Å². The topological polar surface area (TPSA) is 50.4 Å². The summed E-state index contributed by atoms with van der Waals surface area (Å²) in [6.45, 7) is 1.96. The molecule has 0 saturated heterocycles. The molecule has 0 aliphatic rings. The first-order chi connectivity index (χ1) is 13.6. The number of aromatic nitrogens is 2. The number of halogens is 1. The van der Waals surface area contributed by atoms with E-state index in [1.807, 2.05) is 78.3 Å². The van der Waals surface area contributed by atoms with E-state index < -0.39 is 0 Å². The second kappa shape index (κ2) is 7.71. The number of aryl methyl sites for hydroxylation is 1. The summed E-state index contributed by atoms with van der Waals surface area (Å²) in [5.41, 5.74) is 4.31. The Balaban J connectivity index is 1.90. The van der Waals surface area contributed by atoms with Gasteiger partial charge in [0.05, 0.1) is 11.4 Å². The molecular formula is C23H18ClN3O. The molecule has 138 valence electrons. The van der Waals surface area contributed by atoms with Crippen molar-refractivity contribution in [2.75, 3.05) is 0 Å². The van der Waals surface area contributed by atoms with Crippen LogP contribution in [0.4, 0.5) is 5.82 Å². The van der Waals surface area contributed by atoms with E-state index in [9.17, 15) is 5.11 Å². The third-order valence-electron chi connectivity index (χ3n) is 4.43. The molecule has 1 aromatic heterocycles.